The molecule has 0 spiro atoms. The summed E-state index contributed by atoms with van der Waals surface area (Å²) in [6.07, 6.45) is 0.255. The van der Waals surface area contributed by atoms with Crippen LogP contribution in [0.15, 0.2) is 42.5 Å². The number of alkyl halides is 2. The standard InChI is InChI=1S/C18H18Cl2F2N2O2/c1-24(11-12-5-7-13(8-6-12)26-18(21)22)10-9-16(25)23-17-14(19)3-2-4-15(17)20/h2-8,18H,9-11H2,1H3,(H,23,25). The molecule has 1 N–H and O–H groups in total. The molecule has 0 atom stereocenters. The molecule has 0 radical (unpaired) electrons. The van der Waals surface area contributed by atoms with Gasteiger partial charge in [-0.15, -0.1) is 0 Å². The highest BCUT2D eigenvalue weighted by Crippen LogP contribution is 2.29. The van der Waals surface area contributed by atoms with E-state index >= 15 is 0 Å². The largest absolute Gasteiger partial charge is 0.435 e. The number of nitrogens with zero attached hydrogens (tertiary/aromatic N) is 1. The second kappa shape index (κ2) is 9.71. The highest BCUT2D eigenvalue weighted by atomic mass is 35.5. The molecule has 0 aromatic heterocycles. The van der Waals surface area contributed by atoms with Gasteiger partial charge in [-0.25, -0.2) is 0 Å². The van der Waals surface area contributed by atoms with Gasteiger partial charge in [-0.2, -0.15) is 8.78 Å². The highest BCUT2D eigenvalue weighted by molar-refractivity contribution is 6.39. The van der Waals surface area contributed by atoms with Crippen LogP contribution in [0.2, 0.25) is 10.0 Å². The van der Waals surface area contributed by atoms with Crippen molar-refractivity contribution in [2.75, 3.05) is 18.9 Å². The average molecular weight is 403 g/mol. The van der Waals surface area contributed by atoms with Crippen LogP contribution in [0.3, 0.4) is 0 Å². The molecule has 140 valence electrons. The van der Waals surface area contributed by atoms with E-state index < -0.39 is 6.61 Å². The maximum atomic E-state index is 12.1. The number of amides is 1. The summed E-state index contributed by atoms with van der Waals surface area (Å²) in [6.45, 7) is -1.77. The summed E-state index contributed by atoms with van der Waals surface area (Å²) in [5, 5.41) is 3.47. The number of nitrogens with one attached hydrogen (secondary N) is 1. The molecule has 26 heavy (non-hydrogen) atoms. The monoisotopic (exact) mass is 402 g/mol. The molecule has 0 aliphatic rings. The maximum absolute atomic E-state index is 12.1. The lowest BCUT2D eigenvalue weighted by Crippen LogP contribution is -2.24. The SMILES string of the molecule is CN(CCC(=O)Nc1c(Cl)cccc1Cl)Cc1ccc(OC(F)F)cc1. The summed E-state index contributed by atoms with van der Waals surface area (Å²) in [5.41, 5.74) is 1.32. The van der Waals surface area contributed by atoms with Crippen LogP contribution in [0.4, 0.5) is 14.5 Å². The molecule has 0 aliphatic carbocycles. The predicted molar refractivity (Wildman–Crippen MR) is 99.1 cm³/mol. The van der Waals surface area contributed by atoms with Crippen LogP contribution in [0.25, 0.3) is 0 Å². The zero-order chi connectivity index (χ0) is 19.1. The number of benzene rings is 2. The van der Waals surface area contributed by atoms with Gasteiger partial charge in [0.25, 0.3) is 0 Å². The van der Waals surface area contributed by atoms with Crippen LogP contribution < -0.4 is 10.1 Å². The smallest absolute Gasteiger partial charge is 0.387 e. The third-order valence-electron chi connectivity index (χ3n) is 3.55. The fourth-order valence-electron chi connectivity index (χ4n) is 2.28. The Labute approximate surface area is 160 Å². The molecule has 0 unspecified atom stereocenters. The molecule has 0 fully saturated rings. The Bertz CT molecular complexity index is 722. The first-order chi connectivity index (χ1) is 12.3. The fourth-order valence-corrected chi connectivity index (χ4v) is 2.77. The molecule has 2 aromatic rings. The van der Waals surface area contributed by atoms with E-state index in [1.807, 2.05) is 11.9 Å². The third kappa shape index (κ3) is 6.44. The third-order valence-corrected chi connectivity index (χ3v) is 4.18. The van der Waals surface area contributed by atoms with Gasteiger partial charge in [0, 0.05) is 19.5 Å². The first kappa shape index (κ1) is 20.4. The molecular formula is C18H18Cl2F2N2O2. The van der Waals surface area contributed by atoms with Gasteiger partial charge < -0.3 is 15.0 Å². The van der Waals surface area contributed by atoms with E-state index in [1.165, 1.54) is 12.1 Å². The minimum absolute atomic E-state index is 0.113. The van der Waals surface area contributed by atoms with Crippen LogP contribution in [-0.2, 0) is 11.3 Å². The number of ether oxygens (including phenoxy) is 1. The van der Waals surface area contributed by atoms with Gasteiger partial charge in [-0.1, -0.05) is 41.4 Å². The van der Waals surface area contributed by atoms with Gasteiger partial charge in [-0.3, -0.25) is 4.79 Å². The van der Waals surface area contributed by atoms with Crippen LogP contribution >= 0.6 is 23.2 Å². The Balaban J connectivity index is 1.81. The number of hydrogen-bond donors (Lipinski definition) is 1. The first-order valence-corrected chi connectivity index (χ1v) is 8.57. The van der Waals surface area contributed by atoms with Crippen LogP contribution in [-0.4, -0.2) is 31.0 Å². The molecule has 1 amide bonds. The summed E-state index contributed by atoms with van der Waals surface area (Å²) in [5.74, 6) is -0.0880. The van der Waals surface area contributed by atoms with Crippen molar-refractivity contribution in [3.8, 4) is 5.75 Å². The number of anilines is 1. The van der Waals surface area contributed by atoms with Crippen molar-refractivity contribution in [1.29, 1.82) is 0 Å². The van der Waals surface area contributed by atoms with Crippen molar-refractivity contribution in [3.63, 3.8) is 0 Å². The molecule has 0 bridgehead atoms. The number of rotatable bonds is 8. The minimum atomic E-state index is -2.84. The van der Waals surface area contributed by atoms with Crippen molar-refractivity contribution in [1.82, 2.24) is 4.90 Å². The van der Waals surface area contributed by atoms with E-state index in [1.54, 1.807) is 30.3 Å². The van der Waals surface area contributed by atoms with Crippen molar-refractivity contribution in [3.05, 3.63) is 58.1 Å². The molecule has 0 saturated heterocycles. The second-order valence-electron chi connectivity index (χ2n) is 5.66. The normalized spacial score (nSPS) is 11.0. The minimum Gasteiger partial charge on any atom is -0.435 e. The predicted octanol–water partition coefficient (Wildman–Crippen LogP) is 5.06. The average Bonchev–Trinajstić information content (AvgIpc) is 2.58. The summed E-state index contributed by atoms with van der Waals surface area (Å²) in [7, 11) is 1.86. The molecular weight excluding hydrogens is 385 g/mol. The summed E-state index contributed by atoms with van der Waals surface area (Å²) < 4.78 is 28.6. The highest BCUT2D eigenvalue weighted by Gasteiger charge is 2.11. The Morgan fingerprint density at radius 1 is 1.15 bits per heavy atom. The molecule has 4 nitrogen and oxygen atoms in total. The van der Waals surface area contributed by atoms with Gasteiger partial charge in [0.05, 0.1) is 15.7 Å². The Morgan fingerprint density at radius 2 is 1.77 bits per heavy atom. The van der Waals surface area contributed by atoms with E-state index in [-0.39, 0.29) is 18.1 Å². The number of para-hydroxylation sites is 1. The zero-order valence-electron chi connectivity index (χ0n) is 14.0. The molecule has 2 aromatic carbocycles. The second-order valence-corrected chi connectivity index (χ2v) is 6.47. The van der Waals surface area contributed by atoms with E-state index in [4.69, 9.17) is 23.2 Å². The Hall–Kier alpha value is -1.89. The van der Waals surface area contributed by atoms with Crippen LogP contribution in [0, 0.1) is 0 Å². The van der Waals surface area contributed by atoms with Gasteiger partial charge in [0.1, 0.15) is 5.75 Å². The van der Waals surface area contributed by atoms with Crippen molar-refractivity contribution >= 4 is 34.8 Å². The van der Waals surface area contributed by atoms with Gasteiger partial charge in [-0.05, 0) is 36.9 Å². The summed E-state index contributed by atoms with van der Waals surface area (Å²) >= 11 is 12.0. The van der Waals surface area contributed by atoms with E-state index in [9.17, 15) is 13.6 Å². The lowest BCUT2D eigenvalue weighted by Gasteiger charge is -2.17. The van der Waals surface area contributed by atoms with Gasteiger partial charge in [0.15, 0.2) is 0 Å². The van der Waals surface area contributed by atoms with Crippen LogP contribution in [0.1, 0.15) is 12.0 Å². The molecule has 0 heterocycles. The van der Waals surface area contributed by atoms with E-state index in [0.29, 0.717) is 28.8 Å². The topological polar surface area (TPSA) is 41.6 Å². The van der Waals surface area contributed by atoms with Gasteiger partial charge in [0.2, 0.25) is 5.91 Å². The first-order valence-electron chi connectivity index (χ1n) is 7.81. The zero-order valence-corrected chi connectivity index (χ0v) is 15.5. The van der Waals surface area contributed by atoms with Gasteiger partial charge >= 0.3 is 6.61 Å². The molecule has 0 saturated carbocycles. The van der Waals surface area contributed by atoms with Crippen LogP contribution in [0.5, 0.6) is 5.75 Å². The Morgan fingerprint density at radius 3 is 2.35 bits per heavy atom. The Kier molecular flexibility index (Phi) is 7.63. The summed E-state index contributed by atoms with van der Waals surface area (Å²) in [6, 6.07) is 11.4. The quantitative estimate of drug-likeness (QED) is 0.670. The number of halogens is 4. The van der Waals surface area contributed by atoms with Crippen molar-refractivity contribution < 1.29 is 18.3 Å². The van der Waals surface area contributed by atoms with E-state index in [0.717, 1.165) is 5.56 Å². The number of carbonyl (C=O) groups excluding carboxylic acids is 1. The lowest BCUT2D eigenvalue weighted by atomic mass is 10.2. The fraction of sp³-hybridized carbons (Fsp3) is 0.278. The summed E-state index contributed by atoms with van der Waals surface area (Å²) in [4.78, 5) is 14.0. The van der Waals surface area contributed by atoms with Crippen molar-refractivity contribution in [2.24, 2.45) is 0 Å². The molecule has 0 aliphatic heterocycles. The number of carbonyl (C=O) groups is 1. The maximum Gasteiger partial charge on any atom is 0.387 e. The lowest BCUT2D eigenvalue weighted by molar-refractivity contribution is -0.116. The van der Waals surface area contributed by atoms with Crippen molar-refractivity contribution in [2.45, 2.75) is 19.6 Å². The molecule has 8 heteroatoms. The van der Waals surface area contributed by atoms with E-state index in [2.05, 4.69) is 10.1 Å². The molecule has 2 rings (SSSR count). The number of hydrogen-bond acceptors (Lipinski definition) is 3.